The van der Waals surface area contributed by atoms with E-state index in [9.17, 15) is 18.0 Å². The average molecular weight is 252 g/mol. The molecule has 0 fully saturated rings. The molecule has 0 aliphatic heterocycles. The zero-order chi connectivity index (χ0) is 12.3. The van der Waals surface area contributed by atoms with Crippen LogP contribution in [0.5, 0.6) is 0 Å². The molecule has 0 aromatic carbocycles. The minimum Gasteiger partial charge on any atom is -0.266 e. The first-order valence-corrected chi connectivity index (χ1v) is 4.80. The van der Waals surface area contributed by atoms with Gasteiger partial charge in [0.1, 0.15) is 4.88 Å². The van der Waals surface area contributed by atoms with E-state index in [1.54, 1.807) is 13.8 Å². The number of nitrogens with zero attached hydrogens (tertiary/aromatic N) is 3. The molecule has 1 aromatic rings. The van der Waals surface area contributed by atoms with Crippen molar-refractivity contribution < 1.29 is 18.0 Å². The van der Waals surface area contributed by atoms with Gasteiger partial charge in [-0.05, 0) is 25.4 Å². The first-order valence-electron chi connectivity index (χ1n) is 4.03. The van der Waals surface area contributed by atoms with Crippen molar-refractivity contribution in [2.24, 2.45) is 5.10 Å². The van der Waals surface area contributed by atoms with Crippen LogP contribution in [0.1, 0.15) is 29.2 Å². The molecular weight excluding hydrogens is 245 g/mol. The van der Waals surface area contributed by atoms with Crippen molar-refractivity contribution in [2.45, 2.75) is 20.0 Å². The highest BCUT2D eigenvalue weighted by Crippen LogP contribution is 2.31. The first-order chi connectivity index (χ1) is 7.32. The van der Waals surface area contributed by atoms with Gasteiger partial charge in [-0.25, -0.2) is 5.43 Å². The Morgan fingerprint density at radius 1 is 1.44 bits per heavy atom. The molecule has 0 unspecified atom stereocenters. The van der Waals surface area contributed by atoms with E-state index in [1.165, 1.54) is 0 Å². The van der Waals surface area contributed by atoms with E-state index in [-0.39, 0.29) is 0 Å². The number of carbonyl (C=O) groups is 1. The minimum absolute atomic E-state index is 0.374. The molecule has 1 rings (SSSR count). The maximum atomic E-state index is 12.3. The van der Waals surface area contributed by atoms with Crippen molar-refractivity contribution >= 4 is 23.2 Å². The summed E-state index contributed by atoms with van der Waals surface area (Å²) in [4.78, 5) is 10.7. The molecule has 88 valence electrons. The molecule has 0 bridgehead atoms. The minimum atomic E-state index is -4.69. The lowest BCUT2D eigenvalue weighted by Gasteiger charge is -2.03. The van der Waals surface area contributed by atoms with Crippen LogP contribution in [0, 0.1) is 0 Å². The molecular formula is C7H7F3N4OS. The second-order valence-electron chi connectivity index (χ2n) is 2.95. The number of aromatic nitrogens is 2. The monoisotopic (exact) mass is 252 g/mol. The largest absolute Gasteiger partial charge is 0.436 e. The Morgan fingerprint density at radius 2 is 2.06 bits per heavy atom. The highest BCUT2D eigenvalue weighted by Gasteiger charge is 2.39. The number of nitrogens with one attached hydrogen (secondary N) is 1. The molecule has 5 nitrogen and oxygen atoms in total. The van der Waals surface area contributed by atoms with Gasteiger partial charge in [-0.2, -0.15) is 18.3 Å². The predicted molar refractivity (Wildman–Crippen MR) is 51.2 cm³/mol. The fourth-order valence-electron chi connectivity index (χ4n) is 0.738. The Kier molecular flexibility index (Phi) is 3.58. The van der Waals surface area contributed by atoms with Gasteiger partial charge in [0.2, 0.25) is 0 Å². The number of amides is 1. The third kappa shape index (κ3) is 2.99. The Morgan fingerprint density at radius 3 is 2.56 bits per heavy atom. The van der Waals surface area contributed by atoms with E-state index in [2.05, 4.69) is 14.7 Å². The summed E-state index contributed by atoms with van der Waals surface area (Å²) in [7, 11) is 0. The Hall–Kier alpha value is -1.51. The third-order valence-electron chi connectivity index (χ3n) is 1.34. The van der Waals surface area contributed by atoms with Crippen molar-refractivity contribution in [1.29, 1.82) is 0 Å². The van der Waals surface area contributed by atoms with Crippen molar-refractivity contribution in [3.63, 3.8) is 0 Å². The highest BCUT2D eigenvalue weighted by molar-refractivity contribution is 7.08. The van der Waals surface area contributed by atoms with Gasteiger partial charge in [-0.1, -0.05) is 4.49 Å². The average Bonchev–Trinajstić information content (AvgIpc) is 2.61. The molecule has 1 aromatic heterocycles. The van der Waals surface area contributed by atoms with Crippen LogP contribution in [-0.2, 0) is 6.18 Å². The summed E-state index contributed by atoms with van der Waals surface area (Å²) in [5.41, 5.74) is 1.20. The number of hydrazone groups is 1. The van der Waals surface area contributed by atoms with E-state index in [1.807, 2.05) is 5.43 Å². The molecule has 0 spiro atoms. The lowest BCUT2D eigenvalue weighted by molar-refractivity contribution is -0.141. The summed E-state index contributed by atoms with van der Waals surface area (Å²) >= 11 is 0.374. The second kappa shape index (κ2) is 4.56. The highest BCUT2D eigenvalue weighted by atomic mass is 32.1. The Balaban J connectivity index is 2.93. The van der Waals surface area contributed by atoms with Gasteiger partial charge in [0, 0.05) is 5.71 Å². The molecule has 0 aliphatic rings. The lowest BCUT2D eigenvalue weighted by Crippen LogP contribution is -2.21. The third-order valence-corrected chi connectivity index (χ3v) is 2.07. The summed E-state index contributed by atoms with van der Waals surface area (Å²) < 4.78 is 40.1. The summed E-state index contributed by atoms with van der Waals surface area (Å²) in [5, 5.41) is 6.37. The quantitative estimate of drug-likeness (QED) is 0.643. The molecule has 1 amide bonds. The molecule has 0 aliphatic carbocycles. The van der Waals surface area contributed by atoms with E-state index >= 15 is 0 Å². The number of carbonyl (C=O) groups excluding carboxylic acids is 1. The molecule has 9 heteroatoms. The molecule has 1 heterocycles. The maximum Gasteiger partial charge on any atom is 0.436 e. The van der Waals surface area contributed by atoms with E-state index in [4.69, 9.17) is 0 Å². The number of hydrogen-bond donors (Lipinski definition) is 1. The van der Waals surface area contributed by atoms with Crippen LogP contribution in [0.25, 0.3) is 0 Å². The van der Waals surface area contributed by atoms with Crippen LogP contribution in [0.3, 0.4) is 0 Å². The summed E-state index contributed by atoms with van der Waals surface area (Å²) in [6, 6.07) is 0. The fourth-order valence-corrected chi connectivity index (χ4v) is 1.31. The van der Waals surface area contributed by atoms with E-state index in [0.29, 0.717) is 17.2 Å². The number of hydrogen-bond acceptors (Lipinski definition) is 5. The zero-order valence-corrected chi connectivity index (χ0v) is 9.11. The van der Waals surface area contributed by atoms with Gasteiger partial charge < -0.3 is 0 Å². The van der Waals surface area contributed by atoms with Gasteiger partial charge in [-0.15, -0.1) is 5.10 Å². The van der Waals surface area contributed by atoms with Crippen LogP contribution in [0.2, 0.25) is 0 Å². The maximum absolute atomic E-state index is 12.3. The van der Waals surface area contributed by atoms with Crippen LogP contribution in [-0.4, -0.2) is 21.2 Å². The van der Waals surface area contributed by atoms with Crippen LogP contribution >= 0.6 is 11.5 Å². The second-order valence-corrected chi connectivity index (χ2v) is 3.70. The number of halogens is 3. The Labute approximate surface area is 92.5 Å². The molecule has 0 atom stereocenters. The van der Waals surface area contributed by atoms with Gasteiger partial charge in [-0.3, -0.25) is 4.79 Å². The molecule has 16 heavy (non-hydrogen) atoms. The predicted octanol–water partition coefficient (Wildman–Crippen LogP) is 1.68. The number of alkyl halides is 3. The van der Waals surface area contributed by atoms with E-state index in [0.717, 1.165) is 0 Å². The summed E-state index contributed by atoms with van der Waals surface area (Å²) in [5.74, 6) is -0.969. The molecule has 0 radical (unpaired) electrons. The lowest BCUT2D eigenvalue weighted by atomic mass is 10.3. The Bertz CT molecular complexity index is 422. The van der Waals surface area contributed by atoms with Crippen molar-refractivity contribution in [3.05, 3.63) is 10.6 Å². The van der Waals surface area contributed by atoms with Gasteiger partial charge in [0.25, 0.3) is 5.91 Å². The molecule has 0 saturated carbocycles. The van der Waals surface area contributed by atoms with E-state index < -0.39 is 22.7 Å². The van der Waals surface area contributed by atoms with Crippen molar-refractivity contribution in [1.82, 2.24) is 15.0 Å². The topological polar surface area (TPSA) is 67.2 Å². The van der Waals surface area contributed by atoms with Gasteiger partial charge in [0.05, 0.1) is 0 Å². The van der Waals surface area contributed by atoms with Crippen molar-refractivity contribution in [2.75, 3.05) is 0 Å². The smallest absolute Gasteiger partial charge is 0.266 e. The molecule has 1 N–H and O–H groups in total. The zero-order valence-electron chi connectivity index (χ0n) is 8.29. The fraction of sp³-hybridized carbons (Fsp3) is 0.429. The van der Waals surface area contributed by atoms with Crippen LogP contribution < -0.4 is 5.43 Å². The first kappa shape index (κ1) is 12.6. The molecule has 0 saturated heterocycles. The number of rotatable bonds is 2. The summed E-state index contributed by atoms with van der Waals surface area (Å²) in [6.45, 7) is 3.19. The standard InChI is InChI=1S/C7H7F3N4OS/c1-3(2)11-13-6(15)4-5(7(8,9)10)12-14-16-4/h1-2H3,(H,13,15). The van der Waals surface area contributed by atoms with Crippen LogP contribution in [0.15, 0.2) is 5.10 Å². The van der Waals surface area contributed by atoms with Crippen molar-refractivity contribution in [3.8, 4) is 0 Å². The summed E-state index contributed by atoms with van der Waals surface area (Å²) in [6.07, 6.45) is -4.69. The van der Waals surface area contributed by atoms with Gasteiger partial charge in [0.15, 0.2) is 5.69 Å². The van der Waals surface area contributed by atoms with Crippen LogP contribution in [0.4, 0.5) is 13.2 Å². The normalized spacial score (nSPS) is 11.1. The SMILES string of the molecule is CC(C)=NNC(=O)c1snnc1C(F)(F)F. The van der Waals surface area contributed by atoms with Gasteiger partial charge >= 0.3 is 6.18 Å².